The van der Waals surface area contributed by atoms with Crippen molar-refractivity contribution in [1.82, 2.24) is 10.0 Å². The number of sulfonamides is 1. The fourth-order valence-corrected chi connectivity index (χ4v) is 3.05. The van der Waals surface area contributed by atoms with Gasteiger partial charge in [-0.3, -0.25) is 4.79 Å². The molecule has 23 heavy (non-hydrogen) atoms. The summed E-state index contributed by atoms with van der Waals surface area (Å²) in [5.74, 6) is -0.399. The van der Waals surface area contributed by atoms with E-state index in [0.29, 0.717) is 11.6 Å². The van der Waals surface area contributed by atoms with Crippen LogP contribution in [0, 0.1) is 6.92 Å². The second kappa shape index (κ2) is 7.59. The molecule has 2 N–H and O–H groups in total. The molecule has 2 aromatic rings. The first-order chi connectivity index (χ1) is 10.9. The van der Waals surface area contributed by atoms with Gasteiger partial charge in [0.15, 0.2) is 0 Å². The van der Waals surface area contributed by atoms with Crippen LogP contribution in [0.2, 0.25) is 5.02 Å². The molecule has 7 heteroatoms. The van der Waals surface area contributed by atoms with Gasteiger partial charge in [0.1, 0.15) is 0 Å². The summed E-state index contributed by atoms with van der Waals surface area (Å²) in [6.07, 6.45) is 0. The highest BCUT2D eigenvalue weighted by Gasteiger charge is 2.15. The average molecular weight is 353 g/mol. The molecular weight excluding hydrogens is 336 g/mol. The summed E-state index contributed by atoms with van der Waals surface area (Å²) in [7, 11) is -3.73. The Morgan fingerprint density at radius 3 is 2.48 bits per heavy atom. The number of aryl methyl sites for hydroxylation is 1. The van der Waals surface area contributed by atoms with E-state index in [1.165, 1.54) is 24.3 Å². The molecule has 0 radical (unpaired) electrons. The third-order valence-electron chi connectivity index (χ3n) is 3.12. The van der Waals surface area contributed by atoms with Crippen molar-refractivity contribution >= 4 is 27.5 Å². The zero-order chi connectivity index (χ0) is 16.9. The minimum Gasteiger partial charge on any atom is -0.351 e. The summed E-state index contributed by atoms with van der Waals surface area (Å²) in [5.41, 5.74) is 2.05. The highest BCUT2D eigenvalue weighted by atomic mass is 35.5. The van der Waals surface area contributed by atoms with E-state index in [1.807, 2.05) is 31.2 Å². The summed E-state index contributed by atoms with van der Waals surface area (Å²) < 4.78 is 26.3. The van der Waals surface area contributed by atoms with Crippen LogP contribution in [0.5, 0.6) is 0 Å². The maximum Gasteiger partial charge on any atom is 0.241 e. The number of hydrogen-bond donors (Lipinski definition) is 2. The quantitative estimate of drug-likeness (QED) is 0.837. The largest absolute Gasteiger partial charge is 0.351 e. The molecule has 0 saturated heterocycles. The number of nitrogens with one attached hydrogen (secondary N) is 2. The van der Waals surface area contributed by atoms with Crippen molar-refractivity contribution in [2.45, 2.75) is 18.4 Å². The van der Waals surface area contributed by atoms with Gasteiger partial charge >= 0.3 is 0 Å². The number of carbonyl (C=O) groups is 1. The molecule has 0 aromatic heterocycles. The van der Waals surface area contributed by atoms with Gasteiger partial charge in [-0.25, -0.2) is 13.1 Å². The third-order valence-corrected chi connectivity index (χ3v) is 4.79. The molecule has 0 heterocycles. The molecule has 0 spiro atoms. The van der Waals surface area contributed by atoms with E-state index in [1.54, 1.807) is 0 Å². The maximum absolute atomic E-state index is 12.0. The zero-order valence-corrected chi connectivity index (χ0v) is 14.1. The van der Waals surface area contributed by atoms with Gasteiger partial charge in [-0.2, -0.15) is 0 Å². The van der Waals surface area contributed by atoms with Crippen LogP contribution >= 0.6 is 11.6 Å². The molecule has 0 unspecified atom stereocenters. The Morgan fingerprint density at radius 1 is 1.13 bits per heavy atom. The lowest BCUT2D eigenvalue weighted by Gasteiger charge is -2.08. The first-order valence-corrected chi connectivity index (χ1v) is 8.80. The predicted molar refractivity (Wildman–Crippen MR) is 89.7 cm³/mol. The fraction of sp³-hybridized carbons (Fsp3) is 0.188. The molecule has 1 amide bonds. The predicted octanol–water partition coefficient (Wildman–Crippen LogP) is 2.24. The van der Waals surface area contributed by atoms with Crippen LogP contribution in [0.25, 0.3) is 0 Å². The summed E-state index contributed by atoms with van der Waals surface area (Å²) in [5, 5.41) is 3.12. The summed E-state index contributed by atoms with van der Waals surface area (Å²) in [4.78, 5) is 11.8. The molecule has 0 aliphatic heterocycles. The number of carbonyl (C=O) groups excluding carboxylic acids is 1. The number of hydrogen-bond acceptors (Lipinski definition) is 3. The van der Waals surface area contributed by atoms with Crippen LogP contribution in [0.4, 0.5) is 0 Å². The Kier molecular flexibility index (Phi) is 5.76. The van der Waals surface area contributed by atoms with E-state index in [-0.39, 0.29) is 11.4 Å². The average Bonchev–Trinajstić information content (AvgIpc) is 2.51. The number of amides is 1. The van der Waals surface area contributed by atoms with Gasteiger partial charge in [0.25, 0.3) is 0 Å². The lowest BCUT2D eigenvalue weighted by molar-refractivity contribution is -0.120. The number of benzene rings is 2. The van der Waals surface area contributed by atoms with Crippen LogP contribution in [0.1, 0.15) is 11.1 Å². The van der Waals surface area contributed by atoms with Gasteiger partial charge in [0.05, 0.1) is 11.4 Å². The van der Waals surface area contributed by atoms with E-state index in [2.05, 4.69) is 10.0 Å². The van der Waals surface area contributed by atoms with Crippen molar-refractivity contribution < 1.29 is 13.2 Å². The molecular formula is C16H17ClN2O3S. The standard InChI is InChI=1S/C16H17ClN2O3S/c1-12-3-2-4-13(9-12)10-18-16(20)11-19-23(21,22)15-7-5-14(17)6-8-15/h2-9,19H,10-11H2,1H3,(H,18,20). The van der Waals surface area contributed by atoms with Gasteiger partial charge in [-0.05, 0) is 36.8 Å². The molecule has 0 aliphatic carbocycles. The van der Waals surface area contributed by atoms with Gasteiger partial charge in [-0.15, -0.1) is 0 Å². The Bertz CT molecular complexity index is 789. The van der Waals surface area contributed by atoms with Gasteiger partial charge < -0.3 is 5.32 Å². The van der Waals surface area contributed by atoms with E-state index >= 15 is 0 Å². The fourth-order valence-electron chi connectivity index (χ4n) is 1.94. The summed E-state index contributed by atoms with van der Waals surface area (Å²) in [6.45, 7) is 1.99. The Morgan fingerprint density at radius 2 is 1.83 bits per heavy atom. The van der Waals surface area contributed by atoms with Gasteiger partial charge in [0.2, 0.25) is 15.9 Å². The van der Waals surface area contributed by atoms with Crippen molar-refractivity contribution in [3.63, 3.8) is 0 Å². The summed E-state index contributed by atoms with van der Waals surface area (Å²) >= 11 is 5.72. The molecule has 2 rings (SSSR count). The smallest absolute Gasteiger partial charge is 0.241 e. The molecule has 0 aliphatic rings. The first-order valence-electron chi connectivity index (χ1n) is 6.94. The van der Waals surface area contributed by atoms with Crippen LogP contribution < -0.4 is 10.0 Å². The van der Waals surface area contributed by atoms with E-state index in [0.717, 1.165) is 11.1 Å². The Labute approximate surface area is 140 Å². The molecule has 0 saturated carbocycles. The summed E-state index contributed by atoms with van der Waals surface area (Å²) in [6, 6.07) is 13.4. The second-order valence-corrected chi connectivity index (χ2v) is 7.25. The van der Waals surface area contributed by atoms with Crippen molar-refractivity contribution in [3.05, 3.63) is 64.7 Å². The van der Waals surface area contributed by atoms with Gasteiger partial charge in [-0.1, -0.05) is 41.4 Å². The number of rotatable bonds is 6. The molecule has 0 atom stereocenters. The Balaban J connectivity index is 1.87. The highest BCUT2D eigenvalue weighted by molar-refractivity contribution is 7.89. The van der Waals surface area contributed by atoms with Crippen LogP contribution in [-0.4, -0.2) is 20.9 Å². The van der Waals surface area contributed by atoms with Crippen molar-refractivity contribution in [3.8, 4) is 0 Å². The molecule has 0 bridgehead atoms. The Hall–Kier alpha value is -1.89. The SMILES string of the molecule is Cc1cccc(CNC(=O)CNS(=O)(=O)c2ccc(Cl)cc2)c1. The lowest BCUT2D eigenvalue weighted by atomic mass is 10.1. The monoisotopic (exact) mass is 352 g/mol. The zero-order valence-electron chi connectivity index (χ0n) is 12.5. The first kappa shape index (κ1) is 17.5. The molecule has 122 valence electrons. The molecule has 0 fully saturated rings. The van der Waals surface area contributed by atoms with E-state index in [9.17, 15) is 13.2 Å². The molecule has 2 aromatic carbocycles. The minimum absolute atomic E-state index is 0.0633. The van der Waals surface area contributed by atoms with E-state index < -0.39 is 15.9 Å². The minimum atomic E-state index is -3.73. The van der Waals surface area contributed by atoms with Crippen LogP contribution in [-0.2, 0) is 21.4 Å². The van der Waals surface area contributed by atoms with Crippen molar-refractivity contribution in [1.29, 1.82) is 0 Å². The van der Waals surface area contributed by atoms with E-state index in [4.69, 9.17) is 11.6 Å². The van der Waals surface area contributed by atoms with Crippen LogP contribution in [0.15, 0.2) is 53.4 Å². The topological polar surface area (TPSA) is 75.3 Å². The maximum atomic E-state index is 12.0. The van der Waals surface area contributed by atoms with Crippen LogP contribution in [0.3, 0.4) is 0 Å². The van der Waals surface area contributed by atoms with Crippen molar-refractivity contribution in [2.75, 3.05) is 6.54 Å². The highest BCUT2D eigenvalue weighted by Crippen LogP contribution is 2.13. The number of halogens is 1. The normalized spacial score (nSPS) is 11.2. The molecule has 5 nitrogen and oxygen atoms in total. The lowest BCUT2D eigenvalue weighted by Crippen LogP contribution is -2.36. The van der Waals surface area contributed by atoms with Crippen molar-refractivity contribution in [2.24, 2.45) is 0 Å². The van der Waals surface area contributed by atoms with Gasteiger partial charge in [0, 0.05) is 11.6 Å². The third kappa shape index (κ3) is 5.35. The second-order valence-electron chi connectivity index (χ2n) is 5.04.